The van der Waals surface area contributed by atoms with E-state index in [0.29, 0.717) is 12.1 Å². The largest absolute Gasteiger partial charge is 0.332 e. The summed E-state index contributed by atoms with van der Waals surface area (Å²) in [7, 11) is 0. The van der Waals surface area contributed by atoms with Crippen LogP contribution < -0.4 is 0 Å². The molecule has 22 heavy (non-hydrogen) atoms. The van der Waals surface area contributed by atoms with Crippen molar-refractivity contribution >= 4 is 5.91 Å². The highest BCUT2D eigenvalue weighted by atomic mass is 19.2. The summed E-state index contributed by atoms with van der Waals surface area (Å²) in [5, 5.41) is 11.2. The topological polar surface area (TPSA) is 63.4 Å². The summed E-state index contributed by atoms with van der Waals surface area (Å²) in [6, 6.07) is -0.373. The van der Waals surface area contributed by atoms with E-state index in [2.05, 4.69) is 6.58 Å². The molecule has 0 N–H and O–H groups in total. The molecule has 1 fully saturated rings. The van der Waals surface area contributed by atoms with Crippen molar-refractivity contribution in [3.63, 3.8) is 0 Å². The van der Waals surface area contributed by atoms with Gasteiger partial charge in [-0.3, -0.25) is 14.9 Å². The van der Waals surface area contributed by atoms with Gasteiger partial charge in [0.1, 0.15) is 5.82 Å². The van der Waals surface area contributed by atoms with Crippen LogP contribution in [0.15, 0.2) is 24.8 Å². The molecule has 2 atom stereocenters. The summed E-state index contributed by atoms with van der Waals surface area (Å²) in [4.78, 5) is 23.8. The van der Waals surface area contributed by atoms with Crippen LogP contribution in [0.25, 0.3) is 0 Å². The van der Waals surface area contributed by atoms with Gasteiger partial charge in [0.05, 0.1) is 12.5 Å². The van der Waals surface area contributed by atoms with Gasteiger partial charge in [0.25, 0.3) is 0 Å². The van der Waals surface area contributed by atoms with Crippen LogP contribution in [-0.4, -0.2) is 34.9 Å². The fourth-order valence-electron chi connectivity index (χ4n) is 2.59. The van der Waals surface area contributed by atoms with Gasteiger partial charge >= 0.3 is 0 Å². The lowest BCUT2D eigenvalue weighted by molar-refractivity contribution is -0.528. The predicted molar refractivity (Wildman–Crippen MR) is 71.2 cm³/mol. The Bertz CT molecular complexity index is 636. The third kappa shape index (κ3) is 2.95. The molecule has 1 heterocycles. The molecule has 0 saturated carbocycles. The van der Waals surface area contributed by atoms with Gasteiger partial charge < -0.3 is 4.90 Å². The molecule has 0 unspecified atom stereocenters. The number of hydrogen-bond donors (Lipinski definition) is 0. The number of nitrogens with zero attached hydrogens (tertiary/aromatic N) is 2. The van der Waals surface area contributed by atoms with Gasteiger partial charge in [-0.15, -0.1) is 6.58 Å². The Morgan fingerprint density at radius 2 is 1.95 bits per heavy atom. The average molecular weight is 314 g/mol. The first kappa shape index (κ1) is 16.0. The quantitative estimate of drug-likeness (QED) is 0.370. The molecular formula is C14H13F3N2O3. The van der Waals surface area contributed by atoms with Crippen molar-refractivity contribution in [3.8, 4) is 0 Å². The van der Waals surface area contributed by atoms with Crippen LogP contribution in [0.4, 0.5) is 13.2 Å². The van der Waals surface area contributed by atoms with E-state index in [9.17, 15) is 28.1 Å². The van der Waals surface area contributed by atoms with E-state index in [-0.39, 0.29) is 25.1 Å². The first-order valence-corrected chi connectivity index (χ1v) is 6.51. The zero-order valence-corrected chi connectivity index (χ0v) is 11.5. The number of rotatable bonds is 4. The van der Waals surface area contributed by atoms with Gasteiger partial charge in [-0.1, -0.05) is 6.08 Å². The standard InChI is InChI=1S/C14H13F3N2O3/c1-2-3-18-7-13(19(21)22)9(5-14(18)20)8-4-11(16)12(17)6-10(8)15/h2,4,6,9,13H,1,3,5,7H2/t9-,13-/m1/s1. The van der Waals surface area contributed by atoms with Crippen molar-refractivity contribution < 1.29 is 22.9 Å². The van der Waals surface area contributed by atoms with Crippen LogP contribution in [0.1, 0.15) is 17.9 Å². The van der Waals surface area contributed by atoms with E-state index >= 15 is 0 Å². The number of carbonyl (C=O) groups is 1. The summed E-state index contributed by atoms with van der Waals surface area (Å²) in [5.41, 5.74) is -0.354. The van der Waals surface area contributed by atoms with E-state index in [1.807, 2.05) is 0 Å². The van der Waals surface area contributed by atoms with Crippen molar-refractivity contribution in [1.82, 2.24) is 4.90 Å². The summed E-state index contributed by atoms with van der Waals surface area (Å²) in [6.07, 6.45) is 1.08. The fourth-order valence-corrected chi connectivity index (χ4v) is 2.59. The maximum Gasteiger partial charge on any atom is 0.237 e. The molecule has 5 nitrogen and oxygen atoms in total. The molecule has 1 amide bonds. The summed E-state index contributed by atoms with van der Waals surface area (Å²) in [5.74, 6) is -5.35. The molecule has 0 spiro atoms. The lowest BCUT2D eigenvalue weighted by Crippen LogP contribution is -2.49. The molecule has 1 aromatic rings. The van der Waals surface area contributed by atoms with Crippen molar-refractivity contribution in [2.45, 2.75) is 18.4 Å². The second-order valence-electron chi connectivity index (χ2n) is 5.04. The van der Waals surface area contributed by atoms with Gasteiger partial charge in [0.2, 0.25) is 11.9 Å². The minimum atomic E-state index is -1.38. The van der Waals surface area contributed by atoms with E-state index in [1.165, 1.54) is 11.0 Å². The molecule has 0 bridgehead atoms. The van der Waals surface area contributed by atoms with Crippen LogP contribution in [0.2, 0.25) is 0 Å². The monoisotopic (exact) mass is 314 g/mol. The lowest BCUT2D eigenvalue weighted by atomic mass is 9.84. The number of carbonyl (C=O) groups excluding carboxylic acids is 1. The molecule has 1 aliphatic rings. The van der Waals surface area contributed by atoms with E-state index in [0.717, 1.165) is 0 Å². The normalized spacial score (nSPS) is 21.8. The second-order valence-corrected chi connectivity index (χ2v) is 5.04. The maximum atomic E-state index is 13.9. The van der Waals surface area contributed by atoms with Crippen LogP contribution in [0.5, 0.6) is 0 Å². The Labute approximate surface area is 124 Å². The smallest absolute Gasteiger partial charge is 0.237 e. The summed E-state index contributed by atoms with van der Waals surface area (Å²) in [6.45, 7) is 3.36. The molecule has 1 aromatic carbocycles. The van der Waals surface area contributed by atoms with Gasteiger partial charge in [-0.25, -0.2) is 13.2 Å². The van der Waals surface area contributed by atoms with Crippen LogP contribution in [0, 0.1) is 27.6 Å². The van der Waals surface area contributed by atoms with E-state index in [1.54, 1.807) is 0 Å². The molecule has 118 valence electrons. The second kappa shape index (κ2) is 6.17. The molecule has 1 aliphatic heterocycles. The SMILES string of the molecule is C=CCN1C[C@@H]([N+](=O)[O-])[C@@H](c2cc(F)c(F)cc2F)CC1=O. The molecule has 2 rings (SSSR count). The molecule has 8 heteroatoms. The first-order chi connectivity index (χ1) is 10.3. The van der Waals surface area contributed by atoms with Crippen LogP contribution in [0.3, 0.4) is 0 Å². The third-order valence-corrected chi connectivity index (χ3v) is 3.68. The van der Waals surface area contributed by atoms with Gasteiger partial charge in [0, 0.05) is 29.5 Å². The molecule has 0 radical (unpaired) electrons. The van der Waals surface area contributed by atoms with Gasteiger partial charge in [-0.2, -0.15) is 0 Å². The number of piperidine rings is 1. The van der Waals surface area contributed by atoms with E-state index < -0.39 is 40.2 Å². The maximum absolute atomic E-state index is 13.9. The average Bonchev–Trinajstić information content (AvgIpc) is 2.44. The highest BCUT2D eigenvalue weighted by Crippen LogP contribution is 2.33. The summed E-state index contributed by atoms with van der Waals surface area (Å²) >= 11 is 0. The highest BCUT2D eigenvalue weighted by Gasteiger charge is 2.43. The number of nitro groups is 1. The minimum absolute atomic E-state index is 0.135. The molecule has 0 aliphatic carbocycles. The van der Waals surface area contributed by atoms with Crippen molar-refractivity contribution in [1.29, 1.82) is 0 Å². The number of halogens is 3. The number of benzene rings is 1. The summed E-state index contributed by atoms with van der Waals surface area (Å²) < 4.78 is 40.2. The van der Waals surface area contributed by atoms with Crippen molar-refractivity contribution in [2.75, 3.05) is 13.1 Å². The Balaban J connectivity index is 2.40. The zero-order chi connectivity index (χ0) is 16.4. The van der Waals surface area contributed by atoms with Crippen LogP contribution >= 0.6 is 0 Å². The van der Waals surface area contributed by atoms with Gasteiger partial charge in [-0.05, 0) is 6.07 Å². The number of amides is 1. The van der Waals surface area contributed by atoms with Crippen molar-refractivity contribution in [2.24, 2.45) is 0 Å². The highest BCUT2D eigenvalue weighted by molar-refractivity contribution is 5.78. The third-order valence-electron chi connectivity index (χ3n) is 3.68. The number of likely N-dealkylation sites (tertiary alicyclic amines) is 1. The van der Waals surface area contributed by atoms with Crippen molar-refractivity contribution in [3.05, 3.63) is 57.9 Å². The Hall–Kier alpha value is -2.38. The first-order valence-electron chi connectivity index (χ1n) is 6.51. The molecular weight excluding hydrogens is 301 g/mol. The van der Waals surface area contributed by atoms with E-state index in [4.69, 9.17) is 0 Å². The molecule has 1 saturated heterocycles. The zero-order valence-electron chi connectivity index (χ0n) is 11.5. The van der Waals surface area contributed by atoms with Crippen LogP contribution in [-0.2, 0) is 4.79 Å². The van der Waals surface area contributed by atoms with Gasteiger partial charge in [0.15, 0.2) is 11.6 Å². The minimum Gasteiger partial charge on any atom is -0.332 e. The molecule has 0 aromatic heterocycles. The number of hydrogen-bond acceptors (Lipinski definition) is 3. The Morgan fingerprint density at radius 3 is 2.55 bits per heavy atom. The Kier molecular flexibility index (Phi) is 4.48. The fraction of sp³-hybridized carbons (Fsp3) is 0.357. The Morgan fingerprint density at radius 1 is 1.32 bits per heavy atom. The predicted octanol–water partition coefficient (Wildman–Crippen LogP) is 2.25. The lowest BCUT2D eigenvalue weighted by Gasteiger charge is -2.33.